The van der Waals surface area contributed by atoms with Crippen molar-refractivity contribution in [2.24, 2.45) is 4.99 Å². The van der Waals surface area contributed by atoms with Gasteiger partial charge < -0.3 is 4.74 Å². The normalized spacial score (nSPS) is 16.6. The fourth-order valence-corrected chi connectivity index (χ4v) is 7.76. The lowest BCUT2D eigenvalue weighted by atomic mass is 9.97. The topological polar surface area (TPSA) is 34.5 Å². The predicted molar refractivity (Wildman–Crippen MR) is 166 cm³/mol. The van der Waals surface area contributed by atoms with Crippen LogP contribution in [0.25, 0.3) is 10.9 Å². The second-order valence-corrected chi connectivity index (χ2v) is 12.0. The SMILES string of the molecule is c1ccc([C@H]2OC(c3ccc4cccc(P(c5ccccc5)c5ccccc5)c4n3)=N[C@H]2c2ccccc2)cc1. The van der Waals surface area contributed by atoms with Gasteiger partial charge in [0.2, 0.25) is 5.90 Å². The standard InChI is InChI=1S/C36H27N2OP/c1-5-14-26(15-6-1)34-35(28-16-7-2-8-17-28)39-36(38-34)31-25-24-27-18-13-23-32(33(27)37-31)40(29-19-9-3-10-20-29)30-21-11-4-12-22-30/h1-25,34-35H/t34-,35+/m0/s1. The Bertz CT molecular complexity index is 1730. The van der Waals surface area contributed by atoms with Crippen LogP contribution in [-0.2, 0) is 4.74 Å². The molecule has 0 bridgehead atoms. The van der Waals surface area contributed by atoms with Crippen molar-refractivity contribution >= 4 is 40.6 Å². The van der Waals surface area contributed by atoms with Crippen molar-refractivity contribution in [2.45, 2.75) is 12.1 Å². The van der Waals surface area contributed by atoms with Crippen LogP contribution in [0.1, 0.15) is 29.0 Å². The second-order valence-electron chi connectivity index (χ2n) is 9.79. The van der Waals surface area contributed by atoms with E-state index in [1.165, 1.54) is 15.9 Å². The number of hydrogen-bond acceptors (Lipinski definition) is 3. The zero-order valence-electron chi connectivity index (χ0n) is 21.8. The second kappa shape index (κ2) is 10.9. The molecule has 1 aromatic heterocycles. The van der Waals surface area contributed by atoms with Crippen LogP contribution in [0.5, 0.6) is 0 Å². The van der Waals surface area contributed by atoms with Gasteiger partial charge in [-0.2, -0.15) is 0 Å². The first-order chi connectivity index (χ1) is 19.8. The van der Waals surface area contributed by atoms with E-state index in [1.54, 1.807) is 0 Å². The summed E-state index contributed by atoms with van der Waals surface area (Å²) in [6, 6.07) is 52.8. The minimum Gasteiger partial charge on any atom is -0.465 e. The Kier molecular flexibility index (Phi) is 6.65. The van der Waals surface area contributed by atoms with E-state index in [-0.39, 0.29) is 12.1 Å². The molecule has 0 saturated carbocycles. The smallest absolute Gasteiger partial charge is 0.236 e. The molecular weight excluding hydrogens is 507 g/mol. The van der Waals surface area contributed by atoms with Gasteiger partial charge in [-0.15, -0.1) is 0 Å². The number of benzene rings is 5. The molecule has 0 aliphatic carbocycles. The van der Waals surface area contributed by atoms with Crippen molar-refractivity contribution in [3.63, 3.8) is 0 Å². The Labute approximate surface area is 235 Å². The van der Waals surface area contributed by atoms with Crippen molar-refractivity contribution in [2.75, 3.05) is 0 Å². The van der Waals surface area contributed by atoms with Gasteiger partial charge in [-0.05, 0) is 35.7 Å². The molecule has 0 radical (unpaired) electrons. The Morgan fingerprint density at radius 1 is 0.525 bits per heavy atom. The molecule has 1 aliphatic heterocycles. The molecule has 192 valence electrons. The molecule has 2 heterocycles. The highest BCUT2D eigenvalue weighted by Gasteiger charge is 2.34. The summed E-state index contributed by atoms with van der Waals surface area (Å²) in [6.45, 7) is 0. The molecule has 0 saturated heterocycles. The van der Waals surface area contributed by atoms with Crippen LogP contribution in [0.15, 0.2) is 157 Å². The number of para-hydroxylation sites is 1. The highest BCUT2D eigenvalue weighted by molar-refractivity contribution is 7.80. The van der Waals surface area contributed by atoms with E-state index in [4.69, 9.17) is 14.7 Å². The molecule has 6 aromatic rings. The van der Waals surface area contributed by atoms with E-state index in [2.05, 4.69) is 133 Å². The van der Waals surface area contributed by atoms with Crippen LogP contribution in [0.4, 0.5) is 0 Å². The van der Waals surface area contributed by atoms with E-state index in [9.17, 15) is 0 Å². The van der Waals surface area contributed by atoms with E-state index in [0.29, 0.717) is 5.90 Å². The fourth-order valence-electron chi connectivity index (χ4n) is 5.34. The molecule has 0 unspecified atom stereocenters. The zero-order chi connectivity index (χ0) is 26.7. The fraction of sp³-hybridized carbons (Fsp3) is 0.0556. The molecule has 2 atom stereocenters. The number of ether oxygens (including phenoxy) is 1. The highest BCUT2D eigenvalue weighted by atomic mass is 31.1. The third kappa shape index (κ3) is 4.70. The summed E-state index contributed by atoms with van der Waals surface area (Å²) in [5, 5.41) is 4.93. The van der Waals surface area contributed by atoms with E-state index < -0.39 is 7.92 Å². The molecule has 5 aromatic carbocycles. The molecule has 0 spiro atoms. The lowest BCUT2D eigenvalue weighted by Crippen LogP contribution is -2.22. The summed E-state index contributed by atoms with van der Waals surface area (Å²) in [4.78, 5) is 10.4. The molecule has 7 rings (SSSR count). The third-order valence-electron chi connectivity index (χ3n) is 7.24. The summed E-state index contributed by atoms with van der Waals surface area (Å²) in [6.07, 6.45) is -0.211. The molecule has 40 heavy (non-hydrogen) atoms. The number of aliphatic imine (C=N–C) groups is 1. The molecule has 1 aliphatic rings. The molecule has 0 amide bonds. The van der Waals surface area contributed by atoms with Gasteiger partial charge in [0.15, 0.2) is 6.10 Å². The first-order valence-electron chi connectivity index (χ1n) is 13.5. The third-order valence-corrected chi connectivity index (χ3v) is 9.71. The zero-order valence-corrected chi connectivity index (χ0v) is 22.7. The molecular formula is C36H27N2OP. The van der Waals surface area contributed by atoms with Gasteiger partial charge in [-0.1, -0.05) is 146 Å². The van der Waals surface area contributed by atoms with Crippen LogP contribution in [-0.4, -0.2) is 10.9 Å². The lowest BCUT2D eigenvalue weighted by molar-refractivity contribution is 0.196. The largest absolute Gasteiger partial charge is 0.465 e. The van der Waals surface area contributed by atoms with E-state index >= 15 is 0 Å². The predicted octanol–water partition coefficient (Wildman–Crippen LogP) is 7.25. The van der Waals surface area contributed by atoms with Crippen LogP contribution in [0, 0.1) is 0 Å². The summed E-state index contributed by atoms with van der Waals surface area (Å²) in [5.41, 5.74) is 3.98. The maximum atomic E-state index is 6.61. The summed E-state index contributed by atoms with van der Waals surface area (Å²) < 4.78 is 6.61. The monoisotopic (exact) mass is 534 g/mol. The molecule has 4 heteroatoms. The number of rotatable bonds is 6. The number of fused-ring (bicyclic) bond motifs is 1. The Morgan fingerprint density at radius 3 is 1.73 bits per heavy atom. The van der Waals surface area contributed by atoms with E-state index in [1.807, 2.05) is 18.2 Å². The first kappa shape index (κ1) is 24.5. The highest BCUT2D eigenvalue weighted by Crippen LogP contribution is 2.41. The van der Waals surface area contributed by atoms with Gasteiger partial charge >= 0.3 is 0 Å². The van der Waals surface area contributed by atoms with Crippen molar-refractivity contribution in [3.8, 4) is 0 Å². The van der Waals surface area contributed by atoms with Gasteiger partial charge in [-0.25, -0.2) is 9.98 Å². The van der Waals surface area contributed by atoms with Gasteiger partial charge in [-0.3, -0.25) is 0 Å². The van der Waals surface area contributed by atoms with Gasteiger partial charge in [0.05, 0.1) is 5.52 Å². The number of pyridine rings is 1. The molecule has 0 fully saturated rings. The van der Waals surface area contributed by atoms with Crippen molar-refractivity contribution < 1.29 is 4.74 Å². The van der Waals surface area contributed by atoms with Gasteiger partial charge in [0, 0.05) is 10.7 Å². The maximum absolute atomic E-state index is 6.61. The first-order valence-corrected chi connectivity index (χ1v) is 14.8. The van der Waals surface area contributed by atoms with Crippen LogP contribution < -0.4 is 15.9 Å². The number of aromatic nitrogens is 1. The number of nitrogens with zero attached hydrogens (tertiary/aromatic N) is 2. The Morgan fingerprint density at radius 2 is 1.10 bits per heavy atom. The summed E-state index contributed by atoms with van der Waals surface area (Å²) in [7, 11) is -0.803. The van der Waals surface area contributed by atoms with Gasteiger partial charge in [0.25, 0.3) is 0 Å². The van der Waals surface area contributed by atoms with Crippen LogP contribution in [0.3, 0.4) is 0 Å². The number of hydrogen-bond donors (Lipinski definition) is 0. The minimum absolute atomic E-state index is 0.142. The van der Waals surface area contributed by atoms with Crippen LogP contribution in [0.2, 0.25) is 0 Å². The van der Waals surface area contributed by atoms with Crippen molar-refractivity contribution in [1.82, 2.24) is 4.98 Å². The van der Waals surface area contributed by atoms with E-state index in [0.717, 1.165) is 27.7 Å². The van der Waals surface area contributed by atoms with Crippen LogP contribution >= 0.6 is 7.92 Å². The Hall–Kier alpha value is -4.59. The molecule has 0 N–H and O–H groups in total. The average molecular weight is 535 g/mol. The summed E-state index contributed by atoms with van der Waals surface area (Å²) >= 11 is 0. The maximum Gasteiger partial charge on any atom is 0.236 e. The van der Waals surface area contributed by atoms with Crippen molar-refractivity contribution in [1.29, 1.82) is 0 Å². The minimum atomic E-state index is -0.803. The average Bonchev–Trinajstić information content (AvgIpc) is 3.49. The van der Waals surface area contributed by atoms with Crippen molar-refractivity contribution in [3.05, 3.63) is 168 Å². The van der Waals surface area contributed by atoms with Gasteiger partial charge in [0.1, 0.15) is 11.7 Å². The lowest BCUT2D eigenvalue weighted by Gasteiger charge is -2.21. The Balaban J connectivity index is 1.35. The molecule has 3 nitrogen and oxygen atoms in total. The summed E-state index contributed by atoms with van der Waals surface area (Å²) in [5.74, 6) is 0.586. The quantitative estimate of drug-likeness (QED) is 0.211.